The number of carbonyl (C=O) groups excluding carboxylic acids is 7. The lowest BCUT2D eigenvalue weighted by molar-refractivity contribution is -0.274. The number of hydrogen-bond donors (Lipinski definition) is 3. The van der Waals surface area contributed by atoms with E-state index in [1.807, 2.05) is 106 Å². The first kappa shape index (κ1) is 92.2. The normalized spacial score (nSPS) is 13.7. The highest BCUT2D eigenvalue weighted by Crippen LogP contribution is 2.29. The van der Waals surface area contributed by atoms with Crippen molar-refractivity contribution in [2.75, 3.05) is 136 Å². The number of nitrogens with zero attached hydrogens (tertiary/aromatic N) is 5. The highest BCUT2D eigenvalue weighted by Gasteiger charge is 2.31. The number of aromatic carboxylic acids is 1. The average molecular weight is 1580 g/mol. The lowest BCUT2D eigenvalue weighted by atomic mass is 9.95. The van der Waals surface area contributed by atoms with Crippen molar-refractivity contribution in [1.29, 1.82) is 0 Å². The summed E-state index contributed by atoms with van der Waals surface area (Å²) in [6, 6.07) is 46.9. The number of Topliss-reactive ketones (excluding diaryl/α,β-unsaturated/α-hetero) is 4. The van der Waals surface area contributed by atoms with Crippen molar-refractivity contribution in [3.8, 4) is 28.3 Å². The number of hydrogen-bond acceptors (Lipinski definition) is 20. The van der Waals surface area contributed by atoms with E-state index in [1.165, 1.54) is 32.0 Å². The van der Waals surface area contributed by atoms with Crippen LogP contribution in [0.5, 0.6) is 5.75 Å². The van der Waals surface area contributed by atoms with Crippen LogP contribution >= 0.6 is 15.9 Å². The van der Waals surface area contributed by atoms with Crippen LogP contribution in [0.2, 0.25) is 0 Å². The predicted octanol–water partition coefficient (Wildman–Crippen LogP) is 12.9. The van der Waals surface area contributed by atoms with Gasteiger partial charge in [-0.25, -0.2) is 9.59 Å². The van der Waals surface area contributed by atoms with E-state index in [1.54, 1.807) is 50.2 Å². The minimum absolute atomic E-state index is 0.103. The second-order valence-corrected chi connectivity index (χ2v) is 25.5. The molecule has 3 saturated heterocycles. The van der Waals surface area contributed by atoms with Crippen molar-refractivity contribution in [3.05, 3.63) is 191 Å². The van der Waals surface area contributed by atoms with E-state index < -0.39 is 30.2 Å². The lowest BCUT2D eigenvalue weighted by Gasteiger charge is -2.26. The third-order valence-electron chi connectivity index (χ3n) is 16.9. The van der Waals surface area contributed by atoms with Crippen LogP contribution in [0.1, 0.15) is 120 Å². The van der Waals surface area contributed by atoms with Gasteiger partial charge in [0.2, 0.25) is 0 Å². The number of esters is 3. The Kier molecular flexibility index (Phi) is 44.0. The van der Waals surface area contributed by atoms with Gasteiger partial charge in [0, 0.05) is 118 Å². The Bertz CT molecular complexity index is 3830. The fourth-order valence-corrected chi connectivity index (χ4v) is 11.6. The molecular formula is C82H107BrF3N7O16. The average Bonchev–Trinajstić information content (AvgIpc) is 1.66. The fraction of sp³-hybridized carbons (Fsp3) is 0.439. The van der Waals surface area contributed by atoms with Gasteiger partial charge < -0.3 is 58.9 Å². The first-order chi connectivity index (χ1) is 52.3. The van der Waals surface area contributed by atoms with E-state index >= 15 is 0 Å². The number of benzene rings is 5. The first-order valence-corrected chi connectivity index (χ1v) is 37.6. The smallest absolute Gasteiger partial charge is 0.478 e. The highest BCUT2D eigenvalue weighted by atomic mass is 79.9. The zero-order chi connectivity index (χ0) is 79.9. The van der Waals surface area contributed by atoms with Crippen LogP contribution in [-0.2, 0) is 60.7 Å². The molecule has 5 N–H and O–H groups in total. The monoisotopic (exact) mass is 1580 g/mol. The van der Waals surface area contributed by atoms with Crippen molar-refractivity contribution in [1.82, 2.24) is 23.8 Å². The molecule has 3 fully saturated rings. The molecule has 109 heavy (non-hydrogen) atoms. The quantitative estimate of drug-likeness (QED) is 0.0102. The van der Waals surface area contributed by atoms with Gasteiger partial charge in [-0.05, 0) is 116 Å². The minimum atomic E-state index is -4.66. The van der Waals surface area contributed by atoms with Crippen LogP contribution in [-0.4, -0.2) is 213 Å². The number of rotatable bonds is 28. The number of alkyl halides is 4. The van der Waals surface area contributed by atoms with Crippen molar-refractivity contribution >= 4 is 68.6 Å². The van der Waals surface area contributed by atoms with Gasteiger partial charge in [-0.1, -0.05) is 143 Å². The van der Waals surface area contributed by atoms with Gasteiger partial charge in [0.25, 0.3) is 0 Å². The number of halogens is 4. The van der Waals surface area contributed by atoms with Crippen LogP contribution in [0, 0.1) is 19.8 Å². The van der Waals surface area contributed by atoms with E-state index in [0.29, 0.717) is 35.2 Å². The maximum absolute atomic E-state index is 12.3. The molecule has 1 atom stereocenters. The molecule has 594 valence electrons. The van der Waals surface area contributed by atoms with Gasteiger partial charge in [-0.3, -0.25) is 43.5 Å². The van der Waals surface area contributed by atoms with Crippen molar-refractivity contribution < 1.29 is 89.8 Å². The molecule has 23 nitrogen and oxygen atoms in total. The molecule has 3 aliphatic heterocycles. The van der Waals surface area contributed by atoms with Crippen LogP contribution in [0.15, 0.2) is 158 Å². The third kappa shape index (κ3) is 35.8. The van der Waals surface area contributed by atoms with E-state index in [0.717, 1.165) is 183 Å². The van der Waals surface area contributed by atoms with Gasteiger partial charge >= 0.3 is 30.2 Å². The Morgan fingerprint density at radius 3 is 1.33 bits per heavy atom. The summed E-state index contributed by atoms with van der Waals surface area (Å²) in [6.07, 6.45) is -1.76. The highest BCUT2D eigenvalue weighted by molar-refractivity contribution is 9.09. The maximum Gasteiger partial charge on any atom is 0.573 e. The first-order valence-electron chi connectivity index (χ1n) is 36.5. The van der Waals surface area contributed by atoms with Gasteiger partial charge in [0.05, 0.1) is 75.9 Å². The predicted molar refractivity (Wildman–Crippen MR) is 417 cm³/mol. The van der Waals surface area contributed by atoms with Crippen molar-refractivity contribution in [3.63, 3.8) is 0 Å². The number of nitrogens with two attached hydrogens (primary N) is 2. The van der Waals surface area contributed by atoms with Crippen LogP contribution in [0.4, 0.5) is 18.9 Å². The van der Waals surface area contributed by atoms with Gasteiger partial charge in [0.1, 0.15) is 29.7 Å². The van der Waals surface area contributed by atoms with Crippen LogP contribution in [0.3, 0.4) is 0 Å². The molecule has 5 heterocycles. The Labute approximate surface area is 646 Å². The lowest BCUT2D eigenvalue weighted by Crippen LogP contribution is -2.37. The molecule has 5 aromatic carbocycles. The molecule has 7 aromatic rings. The number of morpholine rings is 3. The summed E-state index contributed by atoms with van der Waals surface area (Å²) >= 11 is 3.10. The molecule has 2 aromatic heterocycles. The molecule has 0 aliphatic carbocycles. The number of ketones is 4. The summed E-state index contributed by atoms with van der Waals surface area (Å²) in [6.45, 7) is 29.6. The molecule has 0 saturated carbocycles. The second-order valence-electron chi connectivity index (χ2n) is 25.0. The Morgan fingerprint density at radius 2 is 0.945 bits per heavy atom. The number of ether oxygens (including phenoxy) is 7. The number of aromatic nitrogens is 2. The number of carbonyl (C=O) groups is 8. The molecule has 0 bridgehead atoms. The minimum Gasteiger partial charge on any atom is -0.478 e. The standard InChI is InChI=1S/C21H28N2O3.C19H24N2O3.C14H16O4.C8H7BrO.C7H6F3NO.C7H16N2O.C6H10O3/c1-3-26-21(24)19-16-20(18-8-5-4-6-9-18)23(17(19)2)11-7-10-22-12-14-25-15-13-22;1-15-17(19(22)23)14-18(16-6-3-2-4-7-16)21(15)9-5-8-20-10-12-24-13-11-20;1-3-18-14(17)12(10(2)15)9-13(16)11-7-5-4-6-8-11;9-6-8(10)7-4-2-1-3-5-7;8-7(9,10)12-6-3-1-2-5(11)4-6;8-2-1-3-9-4-6-10-7-5-9;1-3-9-6(8)4-5(2)7/h4-6,8-9,16H,3,7,10-15H2,1-2H3;2-4,6-7,14H,5,8-13H2,1H3,(H,22,23);4-8,12H,3,9H2,1-2H3;1-5H,6H2;1-4H,11H2;1-8H2;3-4H2,1-2H3. The fourth-order valence-electron chi connectivity index (χ4n) is 11.3. The second kappa shape index (κ2) is 52.0. The Hall–Kier alpha value is -9.19. The molecule has 3 aliphatic rings. The zero-order valence-corrected chi connectivity index (χ0v) is 65.2. The Balaban J connectivity index is 0.000000279. The maximum atomic E-state index is 12.3. The number of anilines is 1. The zero-order valence-electron chi connectivity index (χ0n) is 63.7. The summed E-state index contributed by atoms with van der Waals surface area (Å²) < 4.78 is 73.3. The number of carboxylic acids is 1. The Morgan fingerprint density at radius 1 is 0.532 bits per heavy atom. The SMILES string of the molecule is CCOC(=O)C(CC(=O)c1ccccc1)C(C)=O.CCOC(=O)CC(C)=O.CCOC(=O)c1cc(-c2ccccc2)n(CCCN2CCOCC2)c1C.Cc1c(C(=O)O)cc(-c2ccccc2)n1CCCN1CCOCC1.NCCCN1CCOCC1.Nc1cccc(OC(F)(F)F)c1.O=C(CBr)c1ccccc1. The molecule has 1 unspecified atom stereocenters. The molecular weight excluding hydrogens is 1480 g/mol. The molecule has 10 rings (SSSR count). The van der Waals surface area contributed by atoms with E-state index in [-0.39, 0.29) is 60.0 Å². The third-order valence-corrected chi connectivity index (χ3v) is 17.4. The molecule has 0 amide bonds. The van der Waals surface area contributed by atoms with E-state index in [4.69, 9.17) is 35.2 Å². The summed E-state index contributed by atoms with van der Waals surface area (Å²) in [5.74, 6) is -4.10. The summed E-state index contributed by atoms with van der Waals surface area (Å²) in [5, 5.41) is 9.84. The van der Waals surface area contributed by atoms with E-state index in [2.05, 4.69) is 61.4 Å². The van der Waals surface area contributed by atoms with E-state index in [9.17, 15) is 56.6 Å². The molecule has 0 spiro atoms. The van der Waals surface area contributed by atoms with Crippen molar-refractivity contribution in [2.24, 2.45) is 11.7 Å². The summed E-state index contributed by atoms with van der Waals surface area (Å²) in [4.78, 5) is 97.5. The van der Waals surface area contributed by atoms with Gasteiger partial charge in [-0.2, -0.15) is 0 Å². The van der Waals surface area contributed by atoms with Crippen LogP contribution < -0.4 is 16.2 Å². The topological polar surface area (TPSA) is 293 Å². The van der Waals surface area contributed by atoms with Gasteiger partial charge in [-0.15, -0.1) is 13.2 Å². The number of carboxylic acid groups (broad SMARTS) is 1. The largest absolute Gasteiger partial charge is 0.573 e. The van der Waals surface area contributed by atoms with Crippen molar-refractivity contribution in [2.45, 2.75) is 100 Å². The molecule has 27 heteroatoms. The summed E-state index contributed by atoms with van der Waals surface area (Å²) in [7, 11) is 0. The molecule has 0 radical (unpaired) electrons. The van der Waals surface area contributed by atoms with Gasteiger partial charge in [0.15, 0.2) is 11.6 Å². The van der Waals surface area contributed by atoms with Crippen LogP contribution in [0.25, 0.3) is 22.5 Å². The number of nitrogen functional groups attached to an aromatic ring is 1. The summed E-state index contributed by atoms with van der Waals surface area (Å²) in [5.41, 5.74) is 19.2.